The highest BCUT2D eigenvalue weighted by atomic mass is 16.1. The Morgan fingerprint density at radius 2 is 1.92 bits per heavy atom. The maximum Gasteiger partial charge on any atom is 0.251 e. The molecule has 5 nitrogen and oxygen atoms in total. The van der Waals surface area contributed by atoms with Crippen molar-refractivity contribution in [3.05, 3.63) is 65.5 Å². The topological polar surface area (TPSA) is 71.2 Å². The zero-order chi connectivity index (χ0) is 17.4. The number of likely N-dealkylation sites (N-methyl/N-ethyl adjacent to an activating group) is 1. The Bertz CT molecular complexity index is 641. The summed E-state index contributed by atoms with van der Waals surface area (Å²) in [4.78, 5) is 18.9. The van der Waals surface area contributed by atoms with E-state index in [9.17, 15) is 4.79 Å². The molecule has 1 unspecified atom stereocenters. The first-order chi connectivity index (χ1) is 11.7. The maximum atomic E-state index is 12.4. The molecule has 1 amide bonds. The lowest BCUT2D eigenvalue weighted by Crippen LogP contribution is -2.38. The molecule has 0 saturated carbocycles. The molecule has 0 aliphatic carbocycles. The van der Waals surface area contributed by atoms with Crippen molar-refractivity contribution in [2.24, 2.45) is 5.73 Å². The second kappa shape index (κ2) is 9.15. The van der Waals surface area contributed by atoms with E-state index in [1.807, 2.05) is 18.2 Å². The Hall–Kier alpha value is -2.24. The normalized spacial score (nSPS) is 12.2. The average Bonchev–Trinajstić information content (AvgIpc) is 2.65. The first kappa shape index (κ1) is 18.1. The second-order valence-electron chi connectivity index (χ2n) is 5.60. The van der Waals surface area contributed by atoms with E-state index in [0.29, 0.717) is 24.3 Å². The van der Waals surface area contributed by atoms with Gasteiger partial charge in [0, 0.05) is 24.8 Å². The van der Waals surface area contributed by atoms with E-state index in [4.69, 9.17) is 5.73 Å². The van der Waals surface area contributed by atoms with Crippen LogP contribution in [0.2, 0.25) is 0 Å². The SMILES string of the molecule is CCN(CC)C(CNC(=O)c1ccnc(CN)c1)c1ccccc1. The Kier molecular flexibility index (Phi) is 6.90. The van der Waals surface area contributed by atoms with E-state index in [0.717, 1.165) is 13.1 Å². The van der Waals surface area contributed by atoms with Crippen LogP contribution in [0.25, 0.3) is 0 Å². The number of hydrogen-bond donors (Lipinski definition) is 2. The van der Waals surface area contributed by atoms with Crippen LogP contribution < -0.4 is 11.1 Å². The van der Waals surface area contributed by atoms with Crippen molar-refractivity contribution in [3.8, 4) is 0 Å². The third-order valence-corrected chi connectivity index (χ3v) is 4.18. The van der Waals surface area contributed by atoms with Crippen molar-refractivity contribution in [1.82, 2.24) is 15.2 Å². The number of hydrogen-bond acceptors (Lipinski definition) is 4. The summed E-state index contributed by atoms with van der Waals surface area (Å²) in [5.41, 5.74) is 8.11. The lowest BCUT2D eigenvalue weighted by molar-refractivity contribution is 0.0934. The monoisotopic (exact) mass is 326 g/mol. The van der Waals surface area contributed by atoms with Gasteiger partial charge in [-0.05, 0) is 30.8 Å². The van der Waals surface area contributed by atoms with Gasteiger partial charge in [-0.15, -0.1) is 0 Å². The number of rotatable bonds is 8. The second-order valence-corrected chi connectivity index (χ2v) is 5.60. The predicted octanol–water partition coefficient (Wildman–Crippen LogP) is 2.35. The molecule has 24 heavy (non-hydrogen) atoms. The lowest BCUT2D eigenvalue weighted by Gasteiger charge is -2.30. The fraction of sp³-hybridized carbons (Fsp3) is 0.368. The minimum absolute atomic E-state index is 0.0970. The van der Waals surface area contributed by atoms with Gasteiger partial charge in [0.25, 0.3) is 5.91 Å². The van der Waals surface area contributed by atoms with E-state index in [-0.39, 0.29) is 11.9 Å². The highest BCUT2D eigenvalue weighted by Gasteiger charge is 2.19. The number of pyridine rings is 1. The molecule has 0 fully saturated rings. The van der Waals surface area contributed by atoms with Crippen molar-refractivity contribution < 1.29 is 4.79 Å². The highest BCUT2D eigenvalue weighted by Crippen LogP contribution is 2.19. The fourth-order valence-corrected chi connectivity index (χ4v) is 2.82. The Balaban J connectivity index is 2.10. The van der Waals surface area contributed by atoms with Gasteiger partial charge < -0.3 is 11.1 Å². The first-order valence-corrected chi connectivity index (χ1v) is 8.41. The molecule has 0 spiro atoms. The van der Waals surface area contributed by atoms with Gasteiger partial charge in [-0.1, -0.05) is 44.2 Å². The predicted molar refractivity (Wildman–Crippen MR) is 96.6 cm³/mol. The van der Waals surface area contributed by atoms with Gasteiger partial charge >= 0.3 is 0 Å². The molecule has 2 rings (SSSR count). The maximum absolute atomic E-state index is 12.4. The number of nitrogens with two attached hydrogens (primary N) is 1. The Morgan fingerprint density at radius 3 is 2.54 bits per heavy atom. The minimum Gasteiger partial charge on any atom is -0.350 e. The number of aromatic nitrogens is 1. The summed E-state index contributed by atoms with van der Waals surface area (Å²) in [5, 5.41) is 3.05. The van der Waals surface area contributed by atoms with Crippen molar-refractivity contribution in [1.29, 1.82) is 0 Å². The fourth-order valence-electron chi connectivity index (χ4n) is 2.82. The van der Waals surface area contributed by atoms with Crippen molar-refractivity contribution in [2.75, 3.05) is 19.6 Å². The van der Waals surface area contributed by atoms with Crippen LogP contribution in [0, 0.1) is 0 Å². The molecule has 1 aromatic heterocycles. The van der Waals surface area contributed by atoms with Gasteiger partial charge in [0.15, 0.2) is 0 Å². The molecule has 0 aliphatic heterocycles. The summed E-state index contributed by atoms with van der Waals surface area (Å²) in [6.45, 7) is 7.02. The summed E-state index contributed by atoms with van der Waals surface area (Å²) >= 11 is 0. The number of amides is 1. The number of benzene rings is 1. The van der Waals surface area contributed by atoms with E-state index in [1.54, 1.807) is 18.3 Å². The van der Waals surface area contributed by atoms with E-state index in [2.05, 4.69) is 41.2 Å². The van der Waals surface area contributed by atoms with Gasteiger partial charge in [-0.25, -0.2) is 0 Å². The van der Waals surface area contributed by atoms with Gasteiger partial charge in [0.2, 0.25) is 0 Å². The summed E-state index contributed by atoms with van der Waals surface area (Å²) in [7, 11) is 0. The first-order valence-electron chi connectivity index (χ1n) is 8.41. The van der Waals surface area contributed by atoms with Gasteiger partial charge in [0.1, 0.15) is 0 Å². The molecule has 0 aliphatic rings. The number of carbonyl (C=O) groups excluding carboxylic acids is 1. The van der Waals surface area contributed by atoms with E-state index < -0.39 is 0 Å². The molecular formula is C19H26N4O. The third kappa shape index (κ3) is 4.63. The summed E-state index contributed by atoms with van der Waals surface area (Å²) in [6, 6.07) is 13.9. The van der Waals surface area contributed by atoms with Crippen LogP contribution in [0.1, 0.15) is 41.5 Å². The van der Waals surface area contributed by atoms with Crippen LogP contribution in [0.3, 0.4) is 0 Å². The van der Waals surface area contributed by atoms with Gasteiger partial charge in [-0.3, -0.25) is 14.7 Å². The van der Waals surface area contributed by atoms with Crippen molar-refractivity contribution in [3.63, 3.8) is 0 Å². The van der Waals surface area contributed by atoms with Crippen LogP contribution in [0.15, 0.2) is 48.7 Å². The molecule has 0 bridgehead atoms. The average molecular weight is 326 g/mol. The molecule has 1 aromatic carbocycles. The lowest BCUT2D eigenvalue weighted by atomic mass is 10.0. The molecule has 0 saturated heterocycles. The van der Waals surface area contributed by atoms with Crippen LogP contribution in [-0.2, 0) is 6.54 Å². The van der Waals surface area contributed by atoms with Gasteiger partial charge in [0.05, 0.1) is 11.7 Å². The third-order valence-electron chi connectivity index (χ3n) is 4.18. The molecule has 128 valence electrons. The van der Waals surface area contributed by atoms with Crippen LogP contribution in [0.4, 0.5) is 0 Å². The Morgan fingerprint density at radius 1 is 1.21 bits per heavy atom. The molecule has 3 N–H and O–H groups in total. The van der Waals surface area contributed by atoms with Gasteiger partial charge in [-0.2, -0.15) is 0 Å². The number of carbonyl (C=O) groups is 1. The molecule has 2 aromatic rings. The van der Waals surface area contributed by atoms with E-state index >= 15 is 0 Å². The Labute approximate surface area is 143 Å². The number of nitrogens with one attached hydrogen (secondary N) is 1. The minimum atomic E-state index is -0.0970. The van der Waals surface area contributed by atoms with Crippen LogP contribution in [0.5, 0.6) is 0 Å². The summed E-state index contributed by atoms with van der Waals surface area (Å²) in [5.74, 6) is -0.0970. The zero-order valence-corrected chi connectivity index (χ0v) is 14.4. The number of nitrogens with zero attached hydrogens (tertiary/aromatic N) is 2. The summed E-state index contributed by atoms with van der Waals surface area (Å²) in [6.07, 6.45) is 1.62. The van der Waals surface area contributed by atoms with Crippen molar-refractivity contribution >= 4 is 5.91 Å². The molecular weight excluding hydrogens is 300 g/mol. The quantitative estimate of drug-likeness (QED) is 0.781. The standard InChI is InChI=1S/C19H26N4O/c1-3-23(4-2)18(15-8-6-5-7-9-15)14-22-19(24)16-10-11-21-17(12-16)13-20/h5-12,18H,3-4,13-14,20H2,1-2H3,(H,22,24). The van der Waals surface area contributed by atoms with Crippen LogP contribution in [-0.4, -0.2) is 35.4 Å². The molecule has 1 atom stereocenters. The molecule has 1 heterocycles. The van der Waals surface area contributed by atoms with Crippen LogP contribution >= 0.6 is 0 Å². The summed E-state index contributed by atoms with van der Waals surface area (Å²) < 4.78 is 0. The largest absolute Gasteiger partial charge is 0.350 e. The molecule has 0 radical (unpaired) electrons. The zero-order valence-electron chi connectivity index (χ0n) is 14.4. The highest BCUT2D eigenvalue weighted by molar-refractivity contribution is 5.94. The smallest absolute Gasteiger partial charge is 0.251 e. The van der Waals surface area contributed by atoms with E-state index in [1.165, 1.54) is 5.56 Å². The molecule has 5 heteroatoms. The van der Waals surface area contributed by atoms with Crippen molar-refractivity contribution in [2.45, 2.75) is 26.4 Å².